The summed E-state index contributed by atoms with van der Waals surface area (Å²) in [6.45, 7) is 0.243. The lowest BCUT2D eigenvalue weighted by Crippen LogP contribution is -2.27. The van der Waals surface area contributed by atoms with Crippen LogP contribution in [0.2, 0.25) is 0 Å². The standard InChI is InChI=1S/C14H14N2O6/c17-10(8-19-9-11-3-1-5-20-11)7-16-14(18)22-13(15-16)12-4-2-6-21-12/h1-6,10,17H,7-9H2. The molecule has 0 spiro atoms. The lowest BCUT2D eigenvalue weighted by Gasteiger charge is -2.09. The molecule has 0 aliphatic carbocycles. The van der Waals surface area contributed by atoms with Crippen molar-refractivity contribution < 1.29 is 23.1 Å². The van der Waals surface area contributed by atoms with E-state index in [0.29, 0.717) is 11.5 Å². The molecule has 1 atom stereocenters. The van der Waals surface area contributed by atoms with Crippen LogP contribution in [0.4, 0.5) is 0 Å². The normalized spacial score (nSPS) is 12.6. The van der Waals surface area contributed by atoms with Crippen LogP contribution in [-0.4, -0.2) is 27.6 Å². The molecule has 0 fully saturated rings. The highest BCUT2D eigenvalue weighted by Crippen LogP contribution is 2.15. The number of hydrogen-bond donors (Lipinski definition) is 1. The molecule has 1 unspecified atom stereocenters. The summed E-state index contributed by atoms with van der Waals surface area (Å²) >= 11 is 0. The molecule has 0 saturated heterocycles. The molecule has 116 valence electrons. The first-order chi connectivity index (χ1) is 10.7. The third kappa shape index (κ3) is 3.35. The van der Waals surface area contributed by atoms with Gasteiger partial charge >= 0.3 is 5.76 Å². The number of hydrogen-bond acceptors (Lipinski definition) is 7. The quantitative estimate of drug-likeness (QED) is 0.700. The minimum absolute atomic E-state index is 0.0378. The molecular weight excluding hydrogens is 292 g/mol. The van der Waals surface area contributed by atoms with Crippen molar-refractivity contribution in [2.75, 3.05) is 6.61 Å². The third-order valence-electron chi connectivity index (χ3n) is 2.86. The monoisotopic (exact) mass is 306 g/mol. The van der Waals surface area contributed by atoms with Gasteiger partial charge in [-0.2, -0.15) is 4.68 Å². The van der Waals surface area contributed by atoms with E-state index in [0.717, 1.165) is 4.68 Å². The van der Waals surface area contributed by atoms with Crippen LogP contribution in [0.1, 0.15) is 5.76 Å². The molecule has 0 amide bonds. The number of ether oxygens (including phenoxy) is 1. The summed E-state index contributed by atoms with van der Waals surface area (Å²) in [4.78, 5) is 11.7. The smallest absolute Gasteiger partial charge is 0.437 e. The molecule has 3 heterocycles. The lowest BCUT2D eigenvalue weighted by atomic mass is 10.4. The predicted molar refractivity (Wildman–Crippen MR) is 72.8 cm³/mol. The fraction of sp³-hybridized carbons (Fsp3) is 0.286. The summed E-state index contributed by atoms with van der Waals surface area (Å²) in [5, 5.41) is 13.8. The van der Waals surface area contributed by atoms with Gasteiger partial charge < -0.3 is 23.1 Å². The Morgan fingerprint density at radius 1 is 1.27 bits per heavy atom. The van der Waals surface area contributed by atoms with Gasteiger partial charge in [0.2, 0.25) is 0 Å². The van der Waals surface area contributed by atoms with E-state index in [1.54, 1.807) is 30.5 Å². The zero-order chi connectivity index (χ0) is 15.4. The molecule has 0 bridgehead atoms. The molecule has 8 heteroatoms. The van der Waals surface area contributed by atoms with E-state index in [-0.39, 0.29) is 25.6 Å². The van der Waals surface area contributed by atoms with Crippen LogP contribution in [-0.2, 0) is 17.9 Å². The molecule has 3 aromatic heterocycles. The first-order valence-corrected chi connectivity index (χ1v) is 6.62. The van der Waals surface area contributed by atoms with Crippen molar-refractivity contribution in [1.82, 2.24) is 9.78 Å². The van der Waals surface area contributed by atoms with Crippen LogP contribution in [0.5, 0.6) is 0 Å². The minimum atomic E-state index is -0.901. The van der Waals surface area contributed by atoms with Crippen molar-refractivity contribution >= 4 is 0 Å². The molecule has 0 saturated carbocycles. The van der Waals surface area contributed by atoms with Crippen LogP contribution < -0.4 is 5.76 Å². The summed E-state index contributed by atoms with van der Waals surface area (Å²) in [6, 6.07) is 6.80. The summed E-state index contributed by atoms with van der Waals surface area (Å²) in [6.07, 6.45) is 2.09. The zero-order valence-electron chi connectivity index (χ0n) is 11.5. The summed E-state index contributed by atoms with van der Waals surface area (Å²) in [7, 11) is 0. The fourth-order valence-corrected chi connectivity index (χ4v) is 1.86. The molecule has 0 radical (unpaired) electrons. The molecule has 3 aromatic rings. The van der Waals surface area contributed by atoms with E-state index >= 15 is 0 Å². The third-order valence-corrected chi connectivity index (χ3v) is 2.86. The Morgan fingerprint density at radius 2 is 2.09 bits per heavy atom. The van der Waals surface area contributed by atoms with Crippen molar-refractivity contribution in [3.8, 4) is 11.7 Å². The maximum absolute atomic E-state index is 11.7. The van der Waals surface area contributed by atoms with Gasteiger partial charge in [0.25, 0.3) is 5.89 Å². The van der Waals surface area contributed by atoms with Gasteiger partial charge in [0.05, 0.1) is 31.8 Å². The second-order valence-corrected chi connectivity index (χ2v) is 4.58. The van der Waals surface area contributed by atoms with E-state index in [1.807, 2.05) is 0 Å². The van der Waals surface area contributed by atoms with Crippen LogP contribution in [0, 0.1) is 0 Å². The minimum Gasteiger partial charge on any atom is -0.467 e. The average Bonchev–Trinajstić information content (AvgIpc) is 3.21. The van der Waals surface area contributed by atoms with Gasteiger partial charge in [-0.15, -0.1) is 5.10 Å². The van der Waals surface area contributed by atoms with E-state index in [9.17, 15) is 9.90 Å². The zero-order valence-corrected chi connectivity index (χ0v) is 11.5. The first-order valence-electron chi connectivity index (χ1n) is 6.62. The number of aliphatic hydroxyl groups excluding tert-OH is 1. The van der Waals surface area contributed by atoms with Gasteiger partial charge in [0, 0.05) is 0 Å². The summed E-state index contributed by atoms with van der Waals surface area (Å²) < 4.78 is 21.5. The molecule has 0 aliphatic rings. The Morgan fingerprint density at radius 3 is 2.82 bits per heavy atom. The van der Waals surface area contributed by atoms with E-state index in [2.05, 4.69) is 5.10 Å². The van der Waals surface area contributed by atoms with Crippen molar-refractivity contribution in [2.45, 2.75) is 19.3 Å². The van der Waals surface area contributed by atoms with Crippen molar-refractivity contribution in [3.05, 3.63) is 53.1 Å². The maximum atomic E-state index is 11.7. The lowest BCUT2D eigenvalue weighted by molar-refractivity contribution is 0.0123. The van der Waals surface area contributed by atoms with E-state index in [4.69, 9.17) is 18.0 Å². The SMILES string of the molecule is O=c1oc(-c2ccco2)nn1CC(O)COCc1ccco1. The Bertz CT molecular complexity index is 741. The second-order valence-electron chi connectivity index (χ2n) is 4.58. The van der Waals surface area contributed by atoms with Crippen LogP contribution in [0.3, 0.4) is 0 Å². The van der Waals surface area contributed by atoms with Gasteiger partial charge in [0.1, 0.15) is 12.4 Å². The highest BCUT2D eigenvalue weighted by Gasteiger charge is 2.15. The number of nitrogens with zero attached hydrogens (tertiary/aromatic N) is 2. The van der Waals surface area contributed by atoms with E-state index < -0.39 is 11.9 Å². The Labute approximate surface area is 124 Å². The summed E-state index contributed by atoms with van der Waals surface area (Å²) in [5.74, 6) is 0.403. The molecular formula is C14H14N2O6. The van der Waals surface area contributed by atoms with Crippen LogP contribution in [0.15, 0.2) is 54.8 Å². The first kappa shape index (κ1) is 14.4. The van der Waals surface area contributed by atoms with Crippen molar-refractivity contribution in [2.24, 2.45) is 0 Å². The number of furan rings is 2. The van der Waals surface area contributed by atoms with Crippen molar-refractivity contribution in [1.29, 1.82) is 0 Å². The summed E-state index contributed by atoms with van der Waals surface area (Å²) in [5.41, 5.74) is 0. The Kier molecular flexibility index (Phi) is 4.22. The molecule has 3 rings (SSSR count). The fourth-order valence-electron chi connectivity index (χ4n) is 1.86. The molecule has 0 aliphatic heterocycles. The second kappa shape index (κ2) is 6.46. The number of rotatable bonds is 7. The molecule has 8 nitrogen and oxygen atoms in total. The topological polar surface area (TPSA) is 104 Å². The van der Waals surface area contributed by atoms with E-state index in [1.165, 1.54) is 6.26 Å². The van der Waals surface area contributed by atoms with Gasteiger partial charge in [-0.05, 0) is 24.3 Å². The van der Waals surface area contributed by atoms with Gasteiger partial charge in [-0.25, -0.2) is 4.79 Å². The maximum Gasteiger partial charge on any atom is 0.437 e. The highest BCUT2D eigenvalue weighted by atomic mass is 16.5. The number of aromatic nitrogens is 2. The van der Waals surface area contributed by atoms with Gasteiger partial charge in [-0.3, -0.25) is 0 Å². The van der Waals surface area contributed by atoms with Gasteiger partial charge in [-0.1, -0.05) is 0 Å². The predicted octanol–water partition coefficient (Wildman–Crippen LogP) is 1.27. The average molecular weight is 306 g/mol. The molecule has 22 heavy (non-hydrogen) atoms. The number of aliphatic hydroxyl groups is 1. The molecule has 1 N–H and O–H groups in total. The van der Waals surface area contributed by atoms with Crippen LogP contribution >= 0.6 is 0 Å². The van der Waals surface area contributed by atoms with Crippen LogP contribution in [0.25, 0.3) is 11.7 Å². The molecule has 0 aromatic carbocycles. The Hall–Kier alpha value is -2.58. The largest absolute Gasteiger partial charge is 0.467 e. The van der Waals surface area contributed by atoms with Gasteiger partial charge in [0.15, 0.2) is 5.76 Å². The van der Waals surface area contributed by atoms with Crippen molar-refractivity contribution in [3.63, 3.8) is 0 Å². The Balaban J connectivity index is 1.55. The highest BCUT2D eigenvalue weighted by molar-refractivity contribution is 5.42.